The zero-order valence-electron chi connectivity index (χ0n) is 22.1. The van der Waals surface area contributed by atoms with Crippen LogP contribution in [0.25, 0.3) is 0 Å². The van der Waals surface area contributed by atoms with Gasteiger partial charge in [-0.25, -0.2) is 8.42 Å². The summed E-state index contributed by atoms with van der Waals surface area (Å²) in [6.45, 7) is 4.58. The van der Waals surface area contributed by atoms with Crippen molar-refractivity contribution in [1.82, 2.24) is 10.2 Å². The van der Waals surface area contributed by atoms with Crippen LogP contribution in [0, 0.1) is 0 Å². The number of hydrogen-bond donors (Lipinski definition) is 1. The molecule has 0 heterocycles. The second-order valence-electron chi connectivity index (χ2n) is 8.93. The number of nitrogens with zero attached hydrogens (tertiary/aromatic N) is 2. The third kappa shape index (κ3) is 8.37. The van der Waals surface area contributed by atoms with Crippen LogP contribution in [-0.2, 0) is 32.3 Å². The number of methoxy groups -OCH3 is 1. The Bertz CT molecular complexity index is 1220. The van der Waals surface area contributed by atoms with Crippen LogP contribution < -0.4 is 14.4 Å². The predicted octanol–water partition coefficient (Wildman–Crippen LogP) is 4.20. The SMILES string of the molecule is CCC(C)NC(=O)C(CC)N(Cc1cccc(OC)c1)C(=O)CN(c1cccc(C(F)(F)F)c1)S(C)(=O)=O. The van der Waals surface area contributed by atoms with E-state index >= 15 is 0 Å². The topological polar surface area (TPSA) is 96.0 Å². The molecule has 0 aliphatic rings. The molecule has 0 fully saturated rings. The summed E-state index contributed by atoms with van der Waals surface area (Å²) in [5.41, 5.74) is -0.740. The van der Waals surface area contributed by atoms with Crippen molar-refractivity contribution in [2.75, 3.05) is 24.2 Å². The van der Waals surface area contributed by atoms with Crippen LogP contribution in [0.5, 0.6) is 5.75 Å². The van der Waals surface area contributed by atoms with E-state index in [1.165, 1.54) is 18.1 Å². The second kappa shape index (κ2) is 13.0. The van der Waals surface area contributed by atoms with E-state index in [4.69, 9.17) is 4.74 Å². The summed E-state index contributed by atoms with van der Waals surface area (Å²) < 4.78 is 71.0. The van der Waals surface area contributed by atoms with Gasteiger partial charge in [0.2, 0.25) is 21.8 Å². The highest BCUT2D eigenvalue weighted by molar-refractivity contribution is 7.92. The number of nitrogens with one attached hydrogen (secondary N) is 1. The smallest absolute Gasteiger partial charge is 0.416 e. The Morgan fingerprint density at radius 1 is 1.05 bits per heavy atom. The Balaban J connectivity index is 2.51. The molecule has 8 nitrogen and oxygen atoms in total. The number of hydrogen-bond acceptors (Lipinski definition) is 5. The minimum absolute atomic E-state index is 0.0529. The fourth-order valence-electron chi connectivity index (χ4n) is 3.78. The van der Waals surface area contributed by atoms with Gasteiger partial charge in [-0.1, -0.05) is 32.0 Å². The quantitative estimate of drug-likeness (QED) is 0.422. The molecule has 2 unspecified atom stereocenters. The molecule has 0 spiro atoms. The number of amides is 2. The minimum Gasteiger partial charge on any atom is -0.497 e. The molecular formula is C26H34F3N3O5S. The molecule has 0 aliphatic carbocycles. The summed E-state index contributed by atoms with van der Waals surface area (Å²) in [7, 11) is -2.69. The van der Waals surface area contributed by atoms with Gasteiger partial charge in [-0.3, -0.25) is 13.9 Å². The highest BCUT2D eigenvalue weighted by Gasteiger charge is 2.34. The van der Waals surface area contributed by atoms with Gasteiger partial charge < -0.3 is 15.0 Å². The first kappa shape index (κ1) is 30.9. The maximum absolute atomic E-state index is 13.7. The zero-order valence-corrected chi connectivity index (χ0v) is 22.9. The predicted molar refractivity (Wildman–Crippen MR) is 139 cm³/mol. The van der Waals surface area contributed by atoms with E-state index in [9.17, 15) is 31.2 Å². The third-order valence-electron chi connectivity index (χ3n) is 6.01. The van der Waals surface area contributed by atoms with Crippen molar-refractivity contribution < 1.29 is 35.9 Å². The number of benzene rings is 2. The first-order chi connectivity index (χ1) is 17.7. The molecule has 0 aliphatic heterocycles. The van der Waals surface area contributed by atoms with Crippen molar-refractivity contribution >= 4 is 27.5 Å². The number of carbonyl (C=O) groups is 2. The van der Waals surface area contributed by atoms with Gasteiger partial charge in [0.1, 0.15) is 18.3 Å². The number of rotatable bonds is 12. The van der Waals surface area contributed by atoms with E-state index in [0.717, 1.165) is 18.4 Å². The summed E-state index contributed by atoms with van der Waals surface area (Å²) in [5.74, 6) is -0.640. The molecule has 38 heavy (non-hydrogen) atoms. The van der Waals surface area contributed by atoms with E-state index in [1.54, 1.807) is 31.2 Å². The lowest BCUT2D eigenvalue weighted by molar-refractivity contribution is -0.140. The first-order valence-corrected chi connectivity index (χ1v) is 13.9. The van der Waals surface area contributed by atoms with E-state index in [-0.39, 0.29) is 24.7 Å². The van der Waals surface area contributed by atoms with Crippen LogP contribution in [0.15, 0.2) is 48.5 Å². The highest BCUT2D eigenvalue weighted by atomic mass is 32.2. The van der Waals surface area contributed by atoms with Gasteiger partial charge in [0.25, 0.3) is 0 Å². The monoisotopic (exact) mass is 557 g/mol. The number of anilines is 1. The van der Waals surface area contributed by atoms with Gasteiger partial charge in [0, 0.05) is 12.6 Å². The van der Waals surface area contributed by atoms with E-state index in [0.29, 0.717) is 28.1 Å². The summed E-state index contributed by atoms with van der Waals surface area (Å²) >= 11 is 0. The Hall–Kier alpha value is -3.28. The molecular weight excluding hydrogens is 523 g/mol. The average molecular weight is 558 g/mol. The van der Waals surface area contributed by atoms with Gasteiger partial charge >= 0.3 is 6.18 Å². The molecule has 0 radical (unpaired) electrons. The molecule has 0 saturated carbocycles. The number of halogens is 3. The van der Waals surface area contributed by atoms with Gasteiger partial charge in [0.05, 0.1) is 24.6 Å². The Kier molecular flexibility index (Phi) is 10.6. The van der Waals surface area contributed by atoms with Gasteiger partial charge in [-0.2, -0.15) is 13.2 Å². The van der Waals surface area contributed by atoms with Crippen LogP contribution >= 0.6 is 0 Å². The fourth-order valence-corrected chi connectivity index (χ4v) is 4.62. The molecule has 2 aromatic carbocycles. The van der Waals surface area contributed by atoms with Crippen LogP contribution in [0.3, 0.4) is 0 Å². The van der Waals surface area contributed by atoms with Gasteiger partial charge in [0.15, 0.2) is 0 Å². The van der Waals surface area contributed by atoms with Crippen LogP contribution in [0.2, 0.25) is 0 Å². The fraction of sp³-hybridized carbons (Fsp3) is 0.462. The first-order valence-electron chi connectivity index (χ1n) is 12.1. The molecule has 210 valence electrons. The molecule has 2 aromatic rings. The number of ether oxygens (including phenoxy) is 1. The standard InChI is InChI=1S/C26H34F3N3O5S/c1-6-18(3)30-25(34)23(7-2)31(16-19-10-8-13-22(14-19)37-4)24(33)17-32(38(5,35)36)21-12-9-11-20(15-21)26(27,28)29/h8-15,18,23H,6-7,16-17H2,1-5H3,(H,30,34). The van der Waals surface area contributed by atoms with Crippen molar-refractivity contribution in [2.45, 2.75) is 58.4 Å². The van der Waals surface area contributed by atoms with Crippen molar-refractivity contribution in [1.29, 1.82) is 0 Å². The average Bonchev–Trinajstić information content (AvgIpc) is 2.85. The maximum Gasteiger partial charge on any atom is 0.416 e. The summed E-state index contributed by atoms with van der Waals surface area (Å²) in [6, 6.07) is 9.45. The summed E-state index contributed by atoms with van der Waals surface area (Å²) in [6.07, 6.45) is -3.02. The van der Waals surface area contributed by atoms with E-state index in [2.05, 4.69) is 5.32 Å². The maximum atomic E-state index is 13.7. The lowest BCUT2D eigenvalue weighted by atomic mass is 10.1. The Morgan fingerprint density at radius 3 is 2.26 bits per heavy atom. The molecule has 0 saturated heterocycles. The molecule has 2 amide bonds. The lowest BCUT2D eigenvalue weighted by Crippen LogP contribution is -2.53. The lowest BCUT2D eigenvalue weighted by Gasteiger charge is -2.33. The molecule has 2 atom stereocenters. The molecule has 2 rings (SSSR count). The Morgan fingerprint density at radius 2 is 1.71 bits per heavy atom. The van der Waals surface area contributed by atoms with Crippen LogP contribution in [0.1, 0.15) is 44.7 Å². The molecule has 1 N–H and O–H groups in total. The van der Waals surface area contributed by atoms with Gasteiger partial charge in [-0.05, 0) is 55.7 Å². The van der Waals surface area contributed by atoms with E-state index < -0.39 is 46.2 Å². The van der Waals surface area contributed by atoms with Gasteiger partial charge in [-0.15, -0.1) is 0 Å². The minimum atomic E-state index is -4.71. The number of alkyl halides is 3. The normalized spacial score (nSPS) is 13.4. The van der Waals surface area contributed by atoms with Crippen LogP contribution in [-0.4, -0.2) is 57.1 Å². The van der Waals surface area contributed by atoms with Crippen molar-refractivity contribution in [2.24, 2.45) is 0 Å². The Labute approximate surface area is 221 Å². The molecule has 0 bridgehead atoms. The number of sulfonamides is 1. The zero-order chi connectivity index (χ0) is 28.7. The molecule has 12 heteroatoms. The molecule has 0 aromatic heterocycles. The summed E-state index contributed by atoms with van der Waals surface area (Å²) in [4.78, 5) is 28.0. The third-order valence-corrected chi connectivity index (χ3v) is 7.16. The highest BCUT2D eigenvalue weighted by Crippen LogP contribution is 2.32. The summed E-state index contributed by atoms with van der Waals surface area (Å²) in [5, 5.41) is 2.85. The van der Waals surface area contributed by atoms with Crippen molar-refractivity contribution in [3.63, 3.8) is 0 Å². The van der Waals surface area contributed by atoms with E-state index in [1.807, 2.05) is 13.8 Å². The van der Waals surface area contributed by atoms with Crippen LogP contribution in [0.4, 0.5) is 18.9 Å². The van der Waals surface area contributed by atoms with Crippen molar-refractivity contribution in [3.8, 4) is 5.75 Å². The van der Waals surface area contributed by atoms with Crippen molar-refractivity contribution in [3.05, 3.63) is 59.7 Å². The number of carbonyl (C=O) groups excluding carboxylic acids is 2. The second-order valence-corrected chi connectivity index (χ2v) is 10.8. The largest absolute Gasteiger partial charge is 0.497 e.